The molecule has 2 heterocycles. The predicted octanol–water partition coefficient (Wildman–Crippen LogP) is 14.1. The molecule has 59 heavy (non-hydrogen) atoms. The molecule has 4 nitrogen and oxygen atoms in total. The molecule has 0 saturated carbocycles. The van der Waals surface area contributed by atoms with Crippen molar-refractivity contribution in [1.29, 1.82) is 0 Å². The van der Waals surface area contributed by atoms with Gasteiger partial charge in [-0.3, -0.25) is 0 Å². The van der Waals surface area contributed by atoms with Crippen molar-refractivity contribution in [2.75, 3.05) is 0 Å². The third kappa shape index (κ3) is 6.24. The summed E-state index contributed by atoms with van der Waals surface area (Å²) in [6.45, 7) is 0. The molecule has 9 aromatic carbocycles. The molecule has 0 fully saturated rings. The normalized spacial score (nSPS) is 11.4. The van der Waals surface area contributed by atoms with Gasteiger partial charge in [0.2, 0.25) is 0 Å². The van der Waals surface area contributed by atoms with E-state index in [0.717, 1.165) is 61.2 Å². The van der Waals surface area contributed by atoms with Gasteiger partial charge >= 0.3 is 0 Å². The number of rotatable bonds is 7. The first kappa shape index (κ1) is 34.3. The average Bonchev–Trinajstić information content (AvgIpc) is 3.66. The summed E-state index contributed by atoms with van der Waals surface area (Å²) in [5, 5.41) is 4.87. The van der Waals surface area contributed by atoms with Crippen molar-refractivity contribution >= 4 is 32.6 Å². The molecule has 0 amide bonds. The van der Waals surface area contributed by atoms with Crippen molar-refractivity contribution in [3.63, 3.8) is 0 Å². The number of hydrogen-bond acceptors (Lipinski definition) is 3. The zero-order chi connectivity index (χ0) is 39.1. The zero-order valence-corrected chi connectivity index (χ0v) is 32.1. The largest absolute Gasteiger partial charge is 0.309 e. The number of benzene rings is 9. The van der Waals surface area contributed by atoms with E-state index >= 15 is 0 Å². The van der Waals surface area contributed by atoms with E-state index in [0.29, 0.717) is 17.5 Å². The third-order valence-corrected chi connectivity index (χ3v) is 11.3. The lowest BCUT2D eigenvalue weighted by Crippen LogP contribution is -2.02. The van der Waals surface area contributed by atoms with E-state index in [1.165, 1.54) is 27.1 Å². The fraction of sp³-hybridized carbons (Fsp3) is 0. The Morgan fingerprint density at radius 3 is 1.42 bits per heavy atom. The molecule has 2 aromatic heterocycles. The van der Waals surface area contributed by atoms with Gasteiger partial charge in [0.1, 0.15) is 0 Å². The highest BCUT2D eigenvalue weighted by molar-refractivity contribution is 6.10. The molecule has 0 N–H and O–H groups in total. The molecule has 0 bridgehead atoms. The Labute approximate surface area is 342 Å². The van der Waals surface area contributed by atoms with Gasteiger partial charge < -0.3 is 4.57 Å². The molecule has 0 aliphatic rings. The summed E-state index contributed by atoms with van der Waals surface area (Å²) < 4.78 is 2.38. The van der Waals surface area contributed by atoms with Crippen LogP contribution in [0.3, 0.4) is 0 Å². The van der Waals surface area contributed by atoms with Crippen LogP contribution in [0.25, 0.3) is 106 Å². The molecule has 11 rings (SSSR count). The minimum absolute atomic E-state index is 0.606. The lowest BCUT2D eigenvalue weighted by Gasteiger charge is -2.16. The minimum Gasteiger partial charge on any atom is -0.309 e. The summed E-state index contributed by atoms with van der Waals surface area (Å²) >= 11 is 0. The van der Waals surface area contributed by atoms with Crippen LogP contribution in [0, 0.1) is 0 Å². The Kier molecular flexibility index (Phi) is 8.45. The SMILES string of the molecule is c1ccc(-c2cccc(-c3nc(-c4ccc(-c5cccc6ccccc56)cc4)nc(-c4ccc(-c5ccccc5)c(-n5c6ccccc6c6ccccc65)c4)n3)c2)cc1. The van der Waals surface area contributed by atoms with E-state index in [4.69, 9.17) is 15.0 Å². The second-order valence-corrected chi connectivity index (χ2v) is 14.8. The van der Waals surface area contributed by atoms with Gasteiger partial charge in [-0.2, -0.15) is 0 Å². The fourth-order valence-electron chi connectivity index (χ4n) is 8.41. The van der Waals surface area contributed by atoms with Crippen LogP contribution in [-0.4, -0.2) is 19.5 Å². The van der Waals surface area contributed by atoms with Crippen LogP contribution in [0.1, 0.15) is 0 Å². The van der Waals surface area contributed by atoms with Crippen molar-refractivity contribution < 1.29 is 0 Å². The molecular weight excluding hydrogens is 717 g/mol. The molecule has 0 saturated heterocycles. The van der Waals surface area contributed by atoms with Gasteiger partial charge in [0, 0.05) is 33.0 Å². The molecule has 0 unspecified atom stereocenters. The molecule has 0 aliphatic heterocycles. The van der Waals surface area contributed by atoms with Gasteiger partial charge in [-0.15, -0.1) is 0 Å². The van der Waals surface area contributed by atoms with Crippen molar-refractivity contribution in [2.45, 2.75) is 0 Å². The van der Waals surface area contributed by atoms with Crippen LogP contribution >= 0.6 is 0 Å². The van der Waals surface area contributed by atoms with Crippen molar-refractivity contribution in [1.82, 2.24) is 19.5 Å². The van der Waals surface area contributed by atoms with Crippen molar-refractivity contribution in [2.24, 2.45) is 0 Å². The topological polar surface area (TPSA) is 43.6 Å². The Morgan fingerprint density at radius 1 is 0.271 bits per heavy atom. The molecule has 4 heteroatoms. The molecule has 0 spiro atoms. The van der Waals surface area contributed by atoms with Crippen LogP contribution in [-0.2, 0) is 0 Å². The second kappa shape index (κ2) is 14.5. The van der Waals surface area contributed by atoms with E-state index in [2.05, 4.69) is 217 Å². The van der Waals surface area contributed by atoms with Crippen molar-refractivity contribution in [3.8, 4) is 73.2 Å². The van der Waals surface area contributed by atoms with Gasteiger partial charge in [0.15, 0.2) is 17.5 Å². The lowest BCUT2D eigenvalue weighted by molar-refractivity contribution is 1.07. The fourth-order valence-corrected chi connectivity index (χ4v) is 8.41. The molecule has 276 valence electrons. The molecular formula is C55H36N4. The first-order chi connectivity index (χ1) is 29.2. The summed E-state index contributed by atoms with van der Waals surface area (Å²) in [5.74, 6) is 1.84. The highest BCUT2D eigenvalue weighted by Crippen LogP contribution is 2.39. The summed E-state index contributed by atoms with van der Waals surface area (Å²) in [4.78, 5) is 15.7. The Balaban J connectivity index is 1.11. The van der Waals surface area contributed by atoms with E-state index in [9.17, 15) is 0 Å². The number of aromatic nitrogens is 4. The Hall–Kier alpha value is -7.95. The van der Waals surface area contributed by atoms with Gasteiger partial charge in [-0.05, 0) is 62.9 Å². The molecule has 0 radical (unpaired) electrons. The van der Waals surface area contributed by atoms with Crippen molar-refractivity contribution in [3.05, 3.63) is 218 Å². The first-order valence-electron chi connectivity index (χ1n) is 19.9. The molecule has 11 aromatic rings. The van der Waals surface area contributed by atoms with E-state index in [1.54, 1.807) is 0 Å². The maximum absolute atomic E-state index is 5.25. The van der Waals surface area contributed by atoms with Gasteiger partial charge in [-0.25, -0.2) is 15.0 Å². The van der Waals surface area contributed by atoms with E-state index < -0.39 is 0 Å². The number of fused-ring (bicyclic) bond motifs is 4. The minimum atomic E-state index is 0.606. The highest BCUT2D eigenvalue weighted by atomic mass is 15.0. The summed E-state index contributed by atoms with van der Waals surface area (Å²) in [6, 6.07) is 77.0. The van der Waals surface area contributed by atoms with Crippen LogP contribution < -0.4 is 0 Å². The van der Waals surface area contributed by atoms with Gasteiger partial charge in [0.25, 0.3) is 0 Å². The second-order valence-electron chi connectivity index (χ2n) is 14.8. The lowest BCUT2D eigenvalue weighted by atomic mass is 9.97. The van der Waals surface area contributed by atoms with E-state index in [-0.39, 0.29) is 0 Å². The third-order valence-electron chi connectivity index (χ3n) is 11.3. The van der Waals surface area contributed by atoms with Gasteiger partial charge in [-0.1, -0.05) is 194 Å². The monoisotopic (exact) mass is 752 g/mol. The smallest absolute Gasteiger partial charge is 0.164 e. The molecule has 0 aliphatic carbocycles. The van der Waals surface area contributed by atoms with Crippen LogP contribution in [0.15, 0.2) is 218 Å². The Bertz CT molecular complexity index is 3250. The summed E-state index contributed by atoms with van der Waals surface area (Å²) in [7, 11) is 0. The van der Waals surface area contributed by atoms with Crippen LogP contribution in [0.2, 0.25) is 0 Å². The highest BCUT2D eigenvalue weighted by Gasteiger charge is 2.19. The van der Waals surface area contributed by atoms with Crippen LogP contribution in [0.5, 0.6) is 0 Å². The quantitative estimate of drug-likeness (QED) is 0.163. The maximum atomic E-state index is 5.25. The first-order valence-corrected chi connectivity index (χ1v) is 19.9. The summed E-state index contributed by atoms with van der Waals surface area (Å²) in [5.41, 5.74) is 12.9. The van der Waals surface area contributed by atoms with E-state index in [1.807, 2.05) is 6.07 Å². The number of nitrogens with zero attached hydrogens (tertiary/aromatic N) is 4. The predicted molar refractivity (Wildman–Crippen MR) is 244 cm³/mol. The van der Waals surface area contributed by atoms with Crippen LogP contribution in [0.4, 0.5) is 0 Å². The summed E-state index contributed by atoms with van der Waals surface area (Å²) in [6.07, 6.45) is 0. The molecule has 0 atom stereocenters. The Morgan fingerprint density at radius 2 is 0.729 bits per heavy atom. The number of para-hydroxylation sites is 2. The maximum Gasteiger partial charge on any atom is 0.164 e. The van der Waals surface area contributed by atoms with Gasteiger partial charge in [0.05, 0.1) is 16.7 Å². The number of hydrogen-bond donors (Lipinski definition) is 0. The standard InChI is InChI=1S/C55H36N4/c1-3-15-37(16-4-1)42-21-13-22-43(35-42)54-56-53(41-31-29-40(30-32-41)46-26-14-20-38-19-7-8-23-45(38)46)57-55(58-54)44-33-34-47(39-17-5-2-6-18-39)52(36-44)59-50-27-11-9-24-48(50)49-25-10-12-28-51(49)59/h1-36H. The zero-order valence-electron chi connectivity index (χ0n) is 32.1. The average molecular weight is 753 g/mol.